The van der Waals surface area contributed by atoms with E-state index in [0.29, 0.717) is 0 Å². The Balaban J connectivity index is 2.80. The minimum atomic E-state index is 0.835. The zero-order chi connectivity index (χ0) is 7.40. The Morgan fingerprint density at radius 3 is 2.00 bits per heavy atom. The second-order valence-corrected chi connectivity index (χ2v) is 2.19. The molecule has 54 valence electrons. The fraction of sp³-hybridized carbons (Fsp3) is 0.143. The molecule has 0 bridgehead atoms. The summed E-state index contributed by atoms with van der Waals surface area (Å²) in [6.07, 6.45) is 0. The second-order valence-electron chi connectivity index (χ2n) is 1.75. The molecule has 0 fully saturated rings. The lowest BCUT2D eigenvalue weighted by Crippen LogP contribution is -1.80. The first kappa shape index (κ1) is 7.65. The quantitative estimate of drug-likeness (QED) is 0.750. The first-order valence-corrected chi connectivity index (χ1v) is 3.67. The molecular weight excluding hydrogens is 243 g/mol. The molecule has 3 heteroatoms. The van der Waals surface area contributed by atoms with Crippen molar-refractivity contribution in [2.24, 2.45) is 0 Å². The first-order valence-electron chi connectivity index (χ1n) is 2.79. The molecule has 0 spiro atoms. The average molecular weight is 250 g/mol. The van der Waals surface area contributed by atoms with Crippen molar-refractivity contribution in [1.82, 2.24) is 0 Å². The Kier molecular flexibility index (Phi) is 2.80. The number of benzene rings is 1. The third-order valence-corrected chi connectivity index (χ3v) is 1.66. The van der Waals surface area contributed by atoms with E-state index in [1.54, 1.807) is 7.11 Å². The summed E-state index contributed by atoms with van der Waals surface area (Å²) in [5, 5.41) is 0. The molecule has 1 aromatic carbocycles. The fourth-order valence-corrected chi connectivity index (χ4v) is 0.921. The molecule has 0 amide bonds. The first-order chi connectivity index (χ1) is 4.86. The predicted octanol–water partition coefficient (Wildman–Crippen LogP) is 2.42. The third-order valence-electron chi connectivity index (χ3n) is 1.15. The van der Waals surface area contributed by atoms with E-state index in [9.17, 15) is 0 Å². The number of halogens is 1. The van der Waals surface area contributed by atoms with Crippen LogP contribution in [0.3, 0.4) is 0 Å². The maximum absolute atomic E-state index is 4.96. The van der Waals surface area contributed by atoms with Crippen molar-refractivity contribution in [3.63, 3.8) is 0 Å². The zero-order valence-corrected chi connectivity index (χ0v) is 7.66. The molecule has 0 aliphatic carbocycles. The minimum absolute atomic E-state index is 0.835. The van der Waals surface area contributed by atoms with Crippen LogP contribution in [-0.2, 0) is 0 Å². The third kappa shape index (κ3) is 1.76. The van der Waals surface area contributed by atoms with Gasteiger partial charge in [0.1, 0.15) is 11.5 Å². The molecule has 10 heavy (non-hydrogen) atoms. The Morgan fingerprint density at radius 2 is 1.60 bits per heavy atom. The summed E-state index contributed by atoms with van der Waals surface area (Å²) in [7, 11) is 1.64. The Morgan fingerprint density at radius 1 is 1.10 bits per heavy atom. The Bertz CT molecular complexity index is 172. The molecule has 1 aromatic rings. The lowest BCUT2D eigenvalue weighted by atomic mass is 10.3. The second kappa shape index (κ2) is 3.65. The highest BCUT2D eigenvalue weighted by atomic mass is 127. The molecule has 0 aliphatic heterocycles. The molecule has 0 atom stereocenters. The molecule has 0 N–H and O–H groups in total. The van der Waals surface area contributed by atoms with E-state index < -0.39 is 0 Å². The topological polar surface area (TPSA) is 18.5 Å². The highest BCUT2D eigenvalue weighted by molar-refractivity contribution is 14.1. The van der Waals surface area contributed by atoms with Crippen LogP contribution in [0.1, 0.15) is 0 Å². The van der Waals surface area contributed by atoms with Gasteiger partial charge in [-0.25, -0.2) is 0 Å². The van der Waals surface area contributed by atoms with E-state index in [4.69, 9.17) is 7.80 Å². The molecule has 0 saturated carbocycles. The standard InChI is InChI=1S/C7H7IO2/c1-9-6-2-4-7(10-8)5-3-6/h2-5H,1H3. The molecular formula is C7H7IO2. The molecule has 1 rings (SSSR count). The van der Waals surface area contributed by atoms with Crippen molar-refractivity contribution >= 4 is 23.0 Å². The fourth-order valence-electron chi connectivity index (χ4n) is 0.627. The highest BCUT2D eigenvalue weighted by Gasteiger charge is 1.90. The van der Waals surface area contributed by atoms with E-state index in [0.717, 1.165) is 11.5 Å². The maximum atomic E-state index is 4.96. The molecule has 0 aliphatic rings. The summed E-state index contributed by atoms with van der Waals surface area (Å²) in [6.45, 7) is 0. The number of hydrogen-bond donors (Lipinski definition) is 0. The Hall–Kier alpha value is -0.450. The molecule has 0 heterocycles. The van der Waals surface area contributed by atoms with Gasteiger partial charge in [0.2, 0.25) is 0 Å². The van der Waals surface area contributed by atoms with Gasteiger partial charge in [0, 0.05) is 0 Å². The van der Waals surface area contributed by atoms with Crippen molar-refractivity contribution in [3.8, 4) is 11.5 Å². The van der Waals surface area contributed by atoms with Crippen LogP contribution in [0.2, 0.25) is 0 Å². The van der Waals surface area contributed by atoms with E-state index in [1.165, 1.54) is 0 Å². The number of rotatable bonds is 2. The number of methoxy groups -OCH3 is 1. The van der Waals surface area contributed by atoms with Crippen LogP contribution >= 0.6 is 23.0 Å². The van der Waals surface area contributed by atoms with Crippen LogP contribution in [0.15, 0.2) is 24.3 Å². The van der Waals surface area contributed by atoms with E-state index in [-0.39, 0.29) is 0 Å². The predicted molar refractivity (Wildman–Crippen MR) is 47.6 cm³/mol. The van der Waals surface area contributed by atoms with Crippen LogP contribution in [0.5, 0.6) is 11.5 Å². The van der Waals surface area contributed by atoms with Crippen molar-refractivity contribution in [1.29, 1.82) is 0 Å². The summed E-state index contributed by atoms with van der Waals surface area (Å²) in [5.74, 6) is 1.68. The molecule has 0 saturated heterocycles. The van der Waals surface area contributed by atoms with Gasteiger partial charge < -0.3 is 7.80 Å². The summed E-state index contributed by atoms with van der Waals surface area (Å²) < 4.78 is 9.88. The van der Waals surface area contributed by atoms with Crippen LogP contribution in [0, 0.1) is 0 Å². The number of ether oxygens (including phenoxy) is 1. The molecule has 0 radical (unpaired) electrons. The Labute approximate surface area is 73.8 Å². The summed E-state index contributed by atoms with van der Waals surface area (Å²) >= 11 is 1.84. The minimum Gasteiger partial charge on any atom is -0.497 e. The summed E-state index contributed by atoms with van der Waals surface area (Å²) in [5.41, 5.74) is 0. The maximum Gasteiger partial charge on any atom is 0.192 e. The summed E-state index contributed by atoms with van der Waals surface area (Å²) in [4.78, 5) is 0. The monoisotopic (exact) mass is 250 g/mol. The van der Waals surface area contributed by atoms with E-state index in [2.05, 4.69) is 0 Å². The van der Waals surface area contributed by atoms with Gasteiger partial charge in [-0.1, -0.05) is 0 Å². The van der Waals surface area contributed by atoms with Gasteiger partial charge in [0.25, 0.3) is 0 Å². The SMILES string of the molecule is COc1ccc(OI)cc1. The largest absolute Gasteiger partial charge is 0.497 e. The van der Waals surface area contributed by atoms with Gasteiger partial charge in [0.15, 0.2) is 23.0 Å². The smallest absolute Gasteiger partial charge is 0.192 e. The van der Waals surface area contributed by atoms with Crippen LogP contribution in [0.25, 0.3) is 0 Å². The van der Waals surface area contributed by atoms with Crippen molar-refractivity contribution in [3.05, 3.63) is 24.3 Å². The van der Waals surface area contributed by atoms with Gasteiger partial charge in [-0.3, -0.25) is 0 Å². The number of hydrogen-bond acceptors (Lipinski definition) is 2. The lowest BCUT2D eigenvalue weighted by molar-refractivity contribution is 0.414. The van der Waals surface area contributed by atoms with Gasteiger partial charge >= 0.3 is 0 Å². The van der Waals surface area contributed by atoms with Crippen LogP contribution in [-0.4, -0.2) is 7.11 Å². The van der Waals surface area contributed by atoms with Crippen molar-refractivity contribution in [2.45, 2.75) is 0 Å². The molecule has 2 nitrogen and oxygen atoms in total. The normalized spacial score (nSPS) is 9.00. The highest BCUT2D eigenvalue weighted by Crippen LogP contribution is 2.18. The lowest BCUT2D eigenvalue weighted by Gasteiger charge is -1.98. The summed E-state index contributed by atoms with van der Waals surface area (Å²) in [6, 6.07) is 7.42. The molecule has 0 unspecified atom stereocenters. The van der Waals surface area contributed by atoms with Crippen molar-refractivity contribution < 1.29 is 7.80 Å². The van der Waals surface area contributed by atoms with Crippen LogP contribution in [0.4, 0.5) is 0 Å². The van der Waals surface area contributed by atoms with Crippen molar-refractivity contribution in [2.75, 3.05) is 7.11 Å². The van der Waals surface area contributed by atoms with Gasteiger partial charge in [-0.05, 0) is 24.3 Å². The van der Waals surface area contributed by atoms with Gasteiger partial charge in [-0.15, -0.1) is 0 Å². The van der Waals surface area contributed by atoms with Gasteiger partial charge in [-0.2, -0.15) is 0 Å². The van der Waals surface area contributed by atoms with Gasteiger partial charge in [0.05, 0.1) is 7.11 Å². The molecule has 0 aromatic heterocycles. The van der Waals surface area contributed by atoms with E-state index in [1.807, 2.05) is 47.3 Å². The average Bonchev–Trinajstić information content (AvgIpc) is 2.05. The van der Waals surface area contributed by atoms with Crippen LogP contribution < -0.4 is 7.80 Å². The zero-order valence-electron chi connectivity index (χ0n) is 5.50. The van der Waals surface area contributed by atoms with E-state index >= 15 is 0 Å².